The SMILES string of the molecule is COc1c(O)cc2c(c1O)C(=O)O[C@H](C)[C@@H]2Oc1cc2c(c(O)c1OC)C(=O)O[C@H](C)[C@@H]2O. The molecule has 0 aromatic heterocycles. The van der Waals surface area contributed by atoms with Gasteiger partial charge in [0.2, 0.25) is 11.5 Å². The fourth-order valence-electron chi connectivity index (χ4n) is 4.06. The van der Waals surface area contributed by atoms with E-state index in [2.05, 4.69) is 0 Å². The summed E-state index contributed by atoms with van der Waals surface area (Å²) in [6.45, 7) is 3.02. The van der Waals surface area contributed by atoms with Crippen molar-refractivity contribution in [2.24, 2.45) is 0 Å². The van der Waals surface area contributed by atoms with Gasteiger partial charge in [0.25, 0.3) is 0 Å². The zero-order chi connectivity index (χ0) is 24.2. The first kappa shape index (κ1) is 22.3. The number of esters is 2. The maximum atomic E-state index is 12.5. The number of fused-ring (bicyclic) bond motifs is 2. The van der Waals surface area contributed by atoms with Gasteiger partial charge in [-0.05, 0) is 26.0 Å². The molecule has 4 N–H and O–H groups in total. The molecule has 2 aliphatic heterocycles. The minimum Gasteiger partial charge on any atom is -0.504 e. The molecule has 2 aromatic carbocycles. The molecule has 0 fully saturated rings. The maximum absolute atomic E-state index is 12.5. The fraction of sp³-hybridized carbons (Fsp3) is 0.364. The van der Waals surface area contributed by atoms with Crippen LogP contribution in [0, 0.1) is 0 Å². The Hall–Kier alpha value is -3.86. The van der Waals surface area contributed by atoms with Crippen LogP contribution in [0.1, 0.15) is 57.9 Å². The molecule has 0 radical (unpaired) electrons. The van der Waals surface area contributed by atoms with E-state index in [0.29, 0.717) is 0 Å². The number of phenolic OH excluding ortho intramolecular Hbond substituents is 3. The maximum Gasteiger partial charge on any atom is 0.342 e. The van der Waals surface area contributed by atoms with Crippen LogP contribution in [0.25, 0.3) is 0 Å². The fourth-order valence-corrected chi connectivity index (χ4v) is 4.06. The lowest BCUT2D eigenvalue weighted by molar-refractivity contribution is -0.0231. The molecule has 4 atom stereocenters. The summed E-state index contributed by atoms with van der Waals surface area (Å²) in [4.78, 5) is 24.8. The third kappa shape index (κ3) is 3.32. The lowest BCUT2D eigenvalue weighted by Crippen LogP contribution is -2.34. The Morgan fingerprint density at radius 2 is 1.36 bits per heavy atom. The normalized spacial score (nSPS) is 23.7. The molecular weight excluding hydrogens is 440 g/mol. The largest absolute Gasteiger partial charge is 0.504 e. The highest BCUT2D eigenvalue weighted by molar-refractivity contribution is 5.98. The summed E-state index contributed by atoms with van der Waals surface area (Å²) >= 11 is 0. The Labute approximate surface area is 187 Å². The van der Waals surface area contributed by atoms with Gasteiger partial charge in [-0.15, -0.1) is 0 Å². The Morgan fingerprint density at radius 3 is 1.97 bits per heavy atom. The quantitative estimate of drug-likeness (QED) is 0.492. The number of carbonyl (C=O) groups is 2. The van der Waals surface area contributed by atoms with Crippen molar-refractivity contribution in [3.05, 3.63) is 34.4 Å². The number of carbonyl (C=O) groups excluding carboxylic acids is 2. The predicted octanol–water partition coefficient (Wildman–Crippen LogP) is 2.09. The number of aliphatic hydroxyl groups excluding tert-OH is 1. The van der Waals surface area contributed by atoms with Gasteiger partial charge in [-0.25, -0.2) is 9.59 Å². The van der Waals surface area contributed by atoms with E-state index in [9.17, 15) is 30.0 Å². The van der Waals surface area contributed by atoms with Crippen LogP contribution in [-0.2, 0) is 9.47 Å². The van der Waals surface area contributed by atoms with Crippen LogP contribution in [0.15, 0.2) is 12.1 Å². The van der Waals surface area contributed by atoms with E-state index in [4.69, 9.17) is 23.7 Å². The number of hydrogen-bond acceptors (Lipinski definition) is 11. The van der Waals surface area contributed by atoms with Gasteiger partial charge in [0.15, 0.2) is 29.1 Å². The Balaban J connectivity index is 1.87. The molecule has 11 heteroatoms. The third-order valence-electron chi connectivity index (χ3n) is 5.67. The van der Waals surface area contributed by atoms with Crippen molar-refractivity contribution in [2.45, 2.75) is 38.3 Å². The summed E-state index contributed by atoms with van der Waals surface area (Å²) in [6.07, 6.45) is -4.09. The van der Waals surface area contributed by atoms with Crippen LogP contribution in [0.3, 0.4) is 0 Å². The molecule has 4 rings (SSSR count). The molecule has 176 valence electrons. The van der Waals surface area contributed by atoms with E-state index in [1.54, 1.807) is 0 Å². The second-order valence-corrected chi connectivity index (χ2v) is 7.67. The first-order chi connectivity index (χ1) is 15.6. The molecule has 0 saturated heterocycles. The first-order valence-corrected chi connectivity index (χ1v) is 9.93. The van der Waals surface area contributed by atoms with E-state index in [-0.39, 0.29) is 39.5 Å². The van der Waals surface area contributed by atoms with Gasteiger partial charge in [-0.1, -0.05) is 0 Å². The summed E-state index contributed by atoms with van der Waals surface area (Å²) in [5, 5.41) is 41.9. The third-order valence-corrected chi connectivity index (χ3v) is 5.67. The molecule has 0 saturated carbocycles. The van der Waals surface area contributed by atoms with Crippen molar-refractivity contribution >= 4 is 11.9 Å². The molecule has 2 heterocycles. The molecule has 0 bridgehead atoms. The van der Waals surface area contributed by atoms with Crippen molar-refractivity contribution in [1.29, 1.82) is 0 Å². The Morgan fingerprint density at radius 1 is 0.818 bits per heavy atom. The number of ether oxygens (including phenoxy) is 5. The molecule has 33 heavy (non-hydrogen) atoms. The minimum absolute atomic E-state index is 0.0631. The zero-order valence-electron chi connectivity index (χ0n) is 18.1. The molecule has 0 spiro atoms. The average molecular weight is 462 g/mol. The van der Waals surface area contributed by atoms with Gasteiger partial charge in [-0.2, -0.15) is 0 Å². The second kappa shape index (κ2) is 7.93. The lowest BCUT2D eigenvalue weighted by Gasteiger charge is -2.33. The first-order valence-electron chi connectivity index (χ1n) is 9.93. The molecule has 2 aliphatic rings. The van der Waals surface area contributed by atoms with Crippen molar-refractivity contribution in [2.75, 3.05) is 14.2 Å². The lowest BCUT2D eigenvalue weighted by atomic mass is 9.93. The Kier molecular flexibility index (Phi) is 5.36. The highest BCUT2D eigenvalue weighted by Gasteiger charge is 2.41. The number of phenols is 3. The standard InChI is InChI=1S/C22H22O11/c1-7-15(24)9-6-12(20(30-4)17(26)13(9)21(27)31-7)33-18-8(2)32-22(28)14-10(18)5-11(23)19(29-3)16(14)25/h5-8,15,18,23-26H,1-4H3/t7-,8-,15+,18+/m1/s1. The van der Waals surface area contributed by atoms with Crippen molar-refractivity contribution in [3.63, 3.8) is 0 Å². The van der Waals surface area contributed by atoms with Crippen LogP contribution < -0.4 is 14.2 Å². The zero-order valence-corrected chi connectivity index (χ0v) is 18.1. The molecule has 0 unspecified atom stereocenters. The number of methoxy groups -OCH3 is 2. The van der Waals surface area contributed by atoms with Crippen LogP contribution in [0.5, 0.6) is 34.5 Å². The molecule has 0 aliphatic carbocycles. The molecular formula is C22H22O11. The van der Waals surface area contributed by atoms with E-state index in [1.807, 2.05) is 0 Å². The van der Waals surface area contributed by atoms with Gasteiger partial charge in [0, 0.05) is 11.1 Å². The summed E-state index contributed by atoms with van der Waals surface area (Å²) in [5.74, 6) is -3.94. The highest BCUT2D eigenvalue weighted by atomic mass is 16.6. The van der Waals surface area contributed by atoms with E-state index in [0.717, 1.165) is 0 Å². The minimum atomic E-state index is -1.25. The van der Waals surface area contributed by atoms with Gasteiger partial charge >= 0.3 is 11.9 Å². The van der Waals surface area contributed by atoms with Crippen molar-refractivity contribution in [1.82, 2.24) is 0 Å². The van der Waals surface area contributed by atoms with Crippen molar-refractivity contribution < 1.29 is 53.7 Å². The number of cyclic esters (lactones) is 2. The summed E-state index contributed by atoms with van der Waals surface area (Å²) in [7, 11) is 2.45. The smallest absolute Gasteiger partial charge is 0.342 e. The van der Waals surface area contributed by atoms with Gasteiger partial charge in [0.05, 0.1) is 14.2 Å². The number of rotatable bonds is 4. The van der Waals surface area contributed by atoms with Crippen LogP contribution >= 0.6 is 0 Å². The van der Waals surface area contributed by atoms with Crippen molar-refractivity contribution in [3.8, 4) is 34.5 Å². The monoisotopic (exact) mass is 462 g/mol. The average Bonchev–Trinajstić information content (AvgIpc) is 2.74. The van der Waals surface area contributed by atoms with Crippen LogP contribution in [-0.4, -0.2) is 58.8 Å². The van der Waals surface area contributed by atoms with E-state index >= 15 is 0 Å². The van der Waals surface area contributed by atoms with E-state index < -0.39 is 53.6 Å². The Bertz CT molecular complexity index is 1160. The van der Waals surface area contributed by atoms with Gasteiger partial charge in [-0.3, -0.25) is 0 Å². The van der Waals surface area contributed by atoms with Crippen LogP contribution in [0.2, 0.25) is 0 Å². The summed E-state index contributed by atoms with van der Waals surface area (Å²) < 4.78 is 26.6. The molecule has 0 amide bonds. The second-order valence-electron chi connectivity index (χ2n) is 7.67. The van der Waals surface area contributed by atoms with Crippen LogP contribution in [0.4, 0.5) is 0 Å². The van der Waals surface area contributed by atoms with E-state index in [1.165, 1.54) is 40.2 Å². The van der Waals surface area contributed by atoms with Gasteiger partial charge < -0.3 is 44.1 Å². The topological polar surface area (TPSA) is 161 Å². The summed E-state index contributed by atoms with van der Waals surface area (Å²) in [5.41, 5.74) is -0.352. The summed E-state index contributed by atoms with van der Waals surface area (Å²) in [6, 6.07) is 2.52. The number of hydrogen-bond donors (Lipinski definition) is 4. The molecule has 11 nitrogen and oxygen atoms in total. The van der Waals surface area contributed by atoms with Gasteiger partial charge in [0.1, 0.15) is 29.4 Å². The highest BCUT2D eigenvalue weighted by Crippen LogP contribution is 2.50. The number of aromatic hydroxyl groups is 3. The molecule has 2 aromatic rings. The predicted molar refractivity (Wildman–Crippen MR) is 109 cm³/mol. The number of benzene rings is 2. The number of aliphatic hydroxyl groups is 1.